The Morgan fingerprint density at radius 1 is 0.649 bits per heavy atom. The van der Waals surface area contributed by atoms with Crippen LogP contribution in [0.5, 0.6) is 0 Å². The molecule has 8 aliphatic rings. The number of ether oxygens (including phenoxy) is 2. The number of rotatable bonds is 4. The largest absolute Gasteiger partial charge is 0.534 e. The summed E-state index contributed by atoms with van der Waals surface area (Å²) in [5, 5.41) is 0. The molecule has 8 aliphatic carbocycles. The number of alkyl halides is 3. The van der Waals surface area contributed by atoms with Crippen molar-refractivity contribution in [3.8, 4) is 0 Å². The van der Waals surface area contributed by atoms with Crippen LogP contribution in [0.2, 0.25) is 0 Å². The number of ketones is 1. The molecule has 12 atom stereocenters. The topological polar surface area (TPSA) is 113 Å². The second-order valence-corrected chi connectivity index (χ2v) is 20.7. The third-order valence-electron chi connectivity index (χ3n) is 16.5. The van der Waals surface area contributed by atoms with E-state index in [-0.39, 0.29) is 72.8 Å². The van der Waals surface area contributed by atoms with Gasteiger partial charge in [-0.1, -0.05) is 65.8 Å². The first kappa shape index (κ1) is 45.5. The van der Waals surface area contributed by atoms with Gasteiger partial charge in [-0.25, -0.2) is 0 Å². The monoisotopic (exact) mass is 824 g/mol. The van der Waals surface area contributed by atoms with E-state index in [1.54, 1.807) is 6.08 Å². The highest BCUT2D eigenvalue weighted by molar-refractivity contribution is 7.87. The van der Waals surface area contributed by atoms with Crippen molar-refractivity contribution < 1.29 is 49.6 Å². The minimum atomic E-state index is -5.67. The number of carbonyl (C=O) groups excluding carboxylic acids is 3. The molecule has 8 rings (SSSR count). The van der Waals surface area contributed by atoms with Crippen LogP contribution in [0.1, 0.15) is 153 Å². The van der Waals surface area contributed by atoms with Crippen molar-refractivity contribution in [3.63, 3.8) is 0 Å². The average molecular weight is 825 g/mol. The van der Waals surface area contributed by atoms with E-state index in [9.17, 15) is 36.0 Å². The summed E-state index contributed by atoms with van der Waals surface area (Å²) in [5.74, 6) is 2.69. The van der Waals surface area contributed by atoms with Crippen LogP contribution in [0.25, 0.3) is 0 Å². The molecule has 0 bridgehead atoms. The van der Waals surface area contributed by atoms with Gasteiger partial charge in [0, 0.05) is 43.9 Å². The molecule has 0 aromatic rings. The lowest BCUT2D eigenvalue weighted by molar-refractivity contribution is -0.149. The molecular formula is C45H67F3O8S. The lowest BCUT2D eigenvalue weighted by Crippen LogP contribution is -2.50. The molecule has 5 saturated carbocycles. The highest BCUT2D eigenvalue weighted by Gasteiger charge is 2.61. The summed E-state index contributed by atoms with van der Waals surface area (Å²) in [5.41, 5.74) is -3.12. The van der Waals surface area contributed by atoms with Crippen molar-refractivity contribution in [2.24, 2.45) is 57.2 Å². The van der Waals surface area contributed by atoms with Gasteiger partial charge in [-0.05, 0) is 129 Å². The lowest BCUT2D eigenvalue weighted by atomic mass is 9.48. The van der Waals surface area contributed by atoms with Crippen molar-refractivity contribution in [3.05, 3.63) is 35.1 Å². The Bertz CT molecular complexity index is 1800. The predicted molar refractivity (Wildman–Crippen MR) is 213 cm³/mol. The molecule has 6 unspecified atom stereocenters. The molecule has 0 heterocycles. The molecule has 0 aromatic carbocycles. The fourth-order valence-electron chi connectivity index (χ4n) is 13.5. The lowest BCUT2D eigenvalue weighted by Gasteiger charge is -2.57. The highest BCUT2D eigenvalue weighted by atomic mass is 32.2. The number of hydrogen-bond acceptors (Lipinski definition) is 8. The zero-order valence-corrected chi connectivity index (χ0v) is 34.1. The van der Waals surface area contributed by atoms with Crippen molar-refractivity contribution in [2.45, 2.75) is 170 Å². The molecule has 8 nitrogen and oxygen atoms in total. The number of fused-ring (bicyclic) bond motifs is 10. The third-order valence-corrected chi connectivity index (χ3v) is 17.5. The van der Waals surface area contributed by atoms with Crippen molar-refractivity contribution in [1.29, 1.82) is 0 Å². The van der Waals surface area contributed by atoms with Gasteiger partial charge in [0.1, 0.15) is 23.8 Å². The molecule has 0 saturated heterocycles. The Morgan fingerprint density at radius 2 is 1.09 bits per heavy atom. The first-order chi connectivity index (χ1) is 25.6. The first-order valence-corrected chi connectivity index (χ1v) is 22.0. The fraction of sp³-hybridized carbons (Fsp3) is 0.800. The van der Waals surface area contributed by atoms with Gasteiger partial charge >= 0.3 is 27.6 Å². The van der Waals surface area contributed by atoms with Crippen LogP contribution in [0, 0.1) is 57.2 Å². The Kier molecular flexibility index (Phi) is 12.6. The smallest absolute Gasteiger partial charge is 0.462 e. The summed E-state index contributed by atoms with van der Waals surface area (Å²) < 4.78 is 77.4. The van der Waals surface area contributed by atoms with E-state index >= 15 is 0 Å². The van der Waals surface area contributed by atoms with E-state index in [1.807, 2.05) is 6.92 Å². The Hall–Kier alpha value is -2.63. The van der Waals surface area contributed by atoms with Gasteiger partial charge in [-0.2, -0.15) is 21.6 Å². The molecule has 5 fully saturated rings. The molecular weight excluding hydrogens is 758 g/mol. The minimum absolute atomic E-state index is 0. The van der Waals surface area contributed by atoms with Crippen molar-refractivity contribution in [2.75, 3.05) is 0 Å². The zero-order valence-electron chi connectivity index (χ0n) is 33.3. The van der Waals surface area contributed by atoms with Crippen LogP contribution in [-0.2, 0) is 38.2 Å². The zero-order chi connectivity index (χ0) is 39.9. The van der Waals surface area contributed by atoms with E-state index in [4.69, 9.17) is 9.47 Å². The minimum Gasteiger partial charge on any atom is -0.462 e. The van der Waals surface area contributed by atoms with E-state index in [2.05, 4.69) is 37.1 Å². The second kappa shape index (κ2) is 15.8. The molecule has 0 amide bonds. The maximum atomic E-state index is 12.9. The average Bonchev–Trinajstić information content (AvgIpc) is 3.59. The number of esters is 2. The first-order valence-electron chi connectivity index (χ1n) is 20.6. The molecule has 12 heteroatoms. The maximum absolute atomic E-state index is 12.9. The summed E-state index contributed by atoms with van der Waals surface area (Å²) in [7, 11) is -5.67. The summed E-state index contributed by atoms with van der Waals surface area (Å²) in [6, 6.07) is 0. The number of halogens is 3. The number of carbonyl (C=O) groups is 3. The van der Waals surface area contributed by atoms with Gasteiger partial charge in [-0.3, -0.25) is 14.4 Å². The van der Waals surface area contributed by atoms with E-state index in [0.717, 1.165) is 77.0 Å². The van der Waals surface area contributed by atoms with Gasteiger partial charge in [0.2, 0.25) is 0 Å². The van der Waals surface area contributed by atoms with Gasteiger partial charge in [0.05, 0.1) is 0 Å². The van der Waals surface area contributed by atoms with Crippen LogP contribution in [0.3, 0.4) is 0 Å². The Morgan fingerprint density at radius 3 is 1.56 bits per heavy atom. The summed E-state index contributed by atoms with van der Waals surface area (Å²) in [6.07, 6.45) is 19.7. The fourth-order valence-corrected chi connectivity index (χ4v) is 14.1. The molecule has 0 aliphatic heterocycles. The molecule has 0 N–H and O–H groups in total. The number of allylic oxidation sites excluding steroid dienone is 4. The summed E-state index contributed by atoms with van der Waals surface area (Å²) in [6.45, 7) is 11.7. The van der Waals surface area contributed by atoms with Crippen LogP contribution < -0.4 is 0 Å². The summed E-state index contributed by atoms with van der Waals surface area (Å²) >= 11 is 0. The van der Waals surface area contributed by atoms with Crippen molar-refractivity contribution >= 4 is 27.8 Å². The normalized spacial score (nSPS) is 41.7. The summed E-state index contributed by atoms with van der Waals surface area (Å²) in [4.78, 5) is 35.1. The number of Topliss-reactive ketones (excluding diaryl/α,β-unsaturated/α-hetero) is 1. The predicted octanol–water partition coefficient (Wildman–Crippen LogP) is 11.0. The SMILES string of the molecule is C.C.CC(=O)O[C@H]1CC[C@@]2(C)C(=CCC3C2CC[C@]2(C)C(=O)CCC32)C1.CC(=O)O[C@H]1CC[C@@]2(C)C(=CCC3C2CC[C@]2(C)C(OS(=O)(=O)C(F)(F)F)=CCC32)C1. The van der Waals surface area contributed by atoms with Crippen LogP contribution in [-0.4, -0.2) is 43.9 Å². The van der Waals surface area contributed by atoms with Crippen molar-refractivity contribution in [1.82, 2.24) is 0 Å². The van der Waals surface area contributed by atoms with Crippen LogP contribution in [0.4, 0.5) is 13.2 Å². The van der Waals surface area contributed by atoms with Gasteiger partial charge in [0.15, 0.2) is 0 Å². The Balaban J connectivity index is 0.000000216. The van der Waals surface area contributed by atoms with Crippen LogP contribution >= 0.6 is 0 Å². The molecule has 0 spiro atoms. The molecule has 0 radical (unpaired) electrons. The van der Waals surface area contributed by atoms with Gasteiger partial charge < -0.3 is 13.7 Å². The van der Waals surface area contributed by atoms with Crippen LogP contribution in [0.15, 0.2) is 35.1 Å². The second-order valence-electron chi connectivity index (χ2n) is 19.1. The van der Waals surface area contributed by atoms with Gasteiger partial charge in [0.25, 0.3) is 0 Å². The molecule has 0 aromatic heterocycles. The molecule has 322 valence electrons. The Labute approximate surface area is 339 Å². The molecule has 57 heavy (non-hydrogen) atoms. The van der Waals surface area contributed by atoms with E-state index in [1.165, 1.54) is 31.4 Å². The highest BCUT2D eigenvalue weighted by Crippen LogP contribution is 2.66. The van der Waals surface area contributed by atoms with E-state index in [0.29, 0.717) is 42.3 Å². The van der Waals surface area contributed by atoms with Gasteiger partial charge in [-0.15, -0.1) is 0 Å². The maximum Gasteiger partial charge on any atom is 0.534 e. The number of hydrogen-bond donors (Lipinski definition) is 0. The standard InChI is InChI=1S/C22H29F3O5S.C21H30O3.2CH4/c1-13(26)29-15-8-10-20(2)14(12-15)4-5-16-17-6-7-19(21(17,3)11-9-18(16)20)30-31(27,28)22(23,24)25;1-13(22)24-15-8-10-20(2)14(12-15)4-5-16-17-6-7-19(23)21(17,3)11-9-18(16)20;;/h4,7,15-18H,5-6,8-12H2,1-3H3;4,15-18H,5-12H2,1-3H3;2*1H4/t2*15-,16?,17?,18?,20-,21-;;/m00../s1. The quantitative estimate of drug-likeness (QED) is 0.119. The van der Waals surface area contributed by atoms with E-state index < -0.39 is 21.0 Å². The third kappa shape index (κ3) is 7.69.